The van der Waals surface area contributed by atoms with E-state index in [1.54, 1.807) is 0 Å². The lowest BCUT2D eigenvalue weighted by Crippen LogP contribution is -2.45. The van der Waals surface area contributed by atoms with Gasteiger partial charge in [0.2, 0.25) is 6.41 Å². The lowest BCUT2D eigenvalue weighted by Gasteiger charge is -2.25. The summed E-state index contributed by atoms with van der Waals surface area (Å²) >= 11 is 0. The average molecular weight is 203 g/mol. The van der Waals surface area contributed by atoms with Crippen LogP contribution in [0.15, 0.2) is 0 Å². The predicted molar refractivity (Wildman–Crippen MR) is 50.5 cm³/mol. The highest BCUT2D eigenvalue weighted by molar-refractivity contribution is 5.78. The first-order valence-electron chi connectivity index (χ1n) is 4.46. The monoisotopic (exact) mass is 203 g/mol. The van der Waals surface area contributed by atoms with Crippen LogP contribution in [0.3, 0.4) is 0 Å². The Bertz CT molecular complexity index is 193. The normalized spacial score (nSPS) is 12.4. The van der Waals surface area contributed by atoms with E-state index in [2.05, 4.69) is 4.74 Å². The number of hydrogen-bond acceptors (Lipinski definition) is 4. The van der Waals surface area contributed by atoms with Crippen LogP contribution in [0.1, 0.15) is 13.8 Å². The van der Waals surface area contributed by atoms with Gasteiger partial charge in [-0.1, -0.05) is 13.8 Å². The summed E-state index contributed by atoms with van der Waals surface area (Å²) in [6.45, 7) is 3.84. The minimum atomic E-state index is -0.889. The number of rotatable bonds is 6. The maximum Gasteiger partial charge on any atom is 0.330 e. The van der Waals surface area contributed by atoms with Gasteiger partial charge >= 0.3 is 5.97 Å². The van der Waals surface area contributed by atoms with Gasteiger partial charge in [-0.15, -0.1) is 0 Å². The molecular formula is C9H17NO4. The Morgan fingerprint density at radius 3 is 2.43 bits per heavy atom. The van der Waals surface area contributed by atoms with Gasteiger partial charge in [-0.05, 0) is 5.92 Å². The number of amides is 1. The number of hydrogen-bond donors (Lipinski definition) is 1. The Hall–Kier alpha value is -1.10. The fourth-order valence-electron chi connectivity index (χ4n) is 1.12. The van der Waals surface area contributed by atoms with Gasteiger partial charge in [-0.3, -0.25) is 4.79 Å². The average Bonchev–Trinajstić information content (AvgIpc) is 2.16. The van der Waals surface area contributed by atoms with E-state index in [1.165, 1.54) is 12.0 Å². The molecule has 1 amide bonds. The van der Waals surface area contributed by atoms with E-state index in [4.69, 9.17) is 5.11 Å². The summed E-state index contributed by atoms with van der Waals surface area (Å²) in [5.74, 6) is -0.362. The molecule has 1 N–H and O–H groups in total. The Kier molecular flexibility index (Phi) is 5.87. The van der Waals surface area contributed by atoms with Crippen LogP contribution in [-0.4, -0.2) is 48.7 Å². The van der Waals surface area contributed by atoms with Crippen LogP contribution in [0, 0.1) is 5.92 Å². The standard InChI is InChI=1S/C9H17NO4/c1-7(2)4-10(6-12)8(5-11)9(13)14-3/h6-8,11H,4-5H2,1-3H3. The van der Waals surface area contributed by atoms with E-state index in [-0.39, 0.29) is 5.92 Å². The Morgan fingerprint density at radius 1 is 1.57 bits per heavy atom. The van der Waals surface area contributed by atoms with Crippen LogP contribution in [0.2, 0.25) is 0 Å². The van der Waals surface area contributed by atoms with E-state index < -0.39 is 18.6 Å². The quantitative estimate of drug-likeness (QED) is 0.472. The lowest BCUT2D eigenvalue weighted by atomic mass is 10.2. The molecule has 14 heavy (non-hydrogen) atoms. The summed E-state index contributed by atoms with van der Waals surface area (Å²) in [5.41, 5.74) is 0. The molecule has 0 spiro atoms. The van der Waals surface area contributed by atoms with Crippen molar-refractivity contribution in [3.63, 3.8) is 0 Å². The Balaban J connectivity index is 4.44. The number of esters is 1. The first kappa shape index (κ1) is 12.9. The third kappa shape index (κ3) is 3.74. The van der Waals surface area contributed by atoms with Gasteiger partial charge in [-0.25, -0.2) is 4.79 Å². The molecule has 0 radical (unpaired) electrons. The highest BCUT2D eigenvalue weighted by atomic mass is 16.5. The smallest absolute Gasteiger partial charge is 0.330 e. The fourth-order valence-corrected chi connectivity index (χ4v) is 1.12. The number of ether oxygens (including phenoxy) is 1. The number of aliphatic hydroxyl groups excluding tert-OH is 1. The van der Waals surface area contributed by atoms with Crippen LogP contribution in [0.5, 0.6) is 0 Å². The van der Waals surface area contributed by atoms with Crippen molar-refractivity contribution in [1.29, 1.82) is 0 Å². The van der Waals surface area contributed by atoms with Crippen LogP contribution in [-0.2, 0) is 14.3 Å². The van der Waals surface area contributed by atoms with Crippen LogP contribution < -0.4 is 0 Å². The van der Waals surface area contributed by atoms with E-state index in [1.807, 2.05) is 13.8 Å². The molecule has 0 aromatic rings. The van der Waals surface area contributed by atoms with Crippen molar-refractivity contribution in [3.8, 4) is 0 Å². The van der Waals surface area contributed by atoms with Crippen molar-refractivity contribution in [2.75, 3.05) is 20.3 Å². The second-order valence-electron chi connectivity index (χ2n) is 3.42. The number of carbonyl (C=O) groups excluding carboxylic acids is 2. The summed E-state index contributed by atoms with van der Waals surface area (Å²) in [6, 6.07) is -0.889. The second kappa shape index (κ2) is 6.37. The molecule has 0 aliphatic carbocycles. The molecule has 0 aromatic carbocycles. The van der Waals surface area contributed by atoms with Crippen molar-refractivity contribution >= 4 is 12.4 Å². The molecule has 0 bridgehead atoms. The van der Waals surface area contributed by atoms with Crippen LogP contribution >= 0.6 is 0 Å². The zero-order valence-electron chi connectivity index (χ0n) is 8.77. The first-order valence-corrected chi connectivity index (χ1v) is 4.46. The van der Waals surface area contributed by atoms with Gasteiger partial charge in [0.25, 0.3) is 0 Å². The van der Waals surface area contributed by atoms with Crippen molar-refractivity contribution < 1.29 is 19.4 Å². The topological polar surface area (TPSA) is 66.8 Å². The largest absolute Gasteiger partial charge is 0.467 e. The molecule has 5 nitrogen and oxygen atoms in total. The zero-order chi connectivity index (χ0) is 11.1. The van der Waals surface area contributed by atoms with E-state index >= 15 is 0 Å². The molecule has 1 unspecified atom stereocenters. The maximum atomic E-state index is 11.1. The van der Waals surface area contributed by atoms with E-state index in [0.717, 1.165) is 0 Å². The summed E-state index contributed by atoms with van der Waals surface area (Å²) in [7, 11) is 1.23. The van der Waals surface area contributed by atoms with E-state index in [0.29, 0.717) is 13.0 Å². The van der Waals surface area contributed by atoms with Crippen LogP contribution in [0.4, 0.5) is 0 Å². The highest BCUT2D eigenvalue weighted by Crippen LogP contribution is 2.03. The number of aliphatic hydroxyl groups is 1. The summed E-state index contributed by atoms with van der Waals surface area (Å²) in [6.07, 6.45) is 0.553. The van der Waals surface area contributed by atoms with Gasteiger partial charge in [0, 0.05) is 6.54 Å². The molecular weight excluding hydrogens is 186 g/mol. The van der Waals surface area contributed by atoms with Gasteiger partial charge in [-0.2, -0.15) is 0 Å². The predicted octanol–water partition coefficient (Wildman–Crippen LogP) is -0.365. The molecule has 0 aliphatic rings. The van der Waals surface area contributed by atoms with Gasteiger partial charge in [0.15, 0.2) is 6.04 Å². The van der Waals surface area contributed by atoms with Crippen molar-refractivity contribution in [1.82, 2.24) is 4.90 Å². The molecule has 0 saturated carbocycles. The van der Waals surface area contributed by atoms with Crippen molar-refractivity contribution in [2.24, 2.45) is 5.92 Å². The molecule has 0 aromatic heterocycles. The molecule has 0 rings (SSSR count). The lowest BCUT2D eigenvalue weighted by molar-refractivity contribution is -0.151. The highest BCUT2D eigenvalue weighted by Gasteiger charge is 2.25. The first-order chi connectivity index (χ1) is 6.56. The maximum absolute atomic E-state index is 11.1. The minimum absolute atomic E-state index is 0.235. The number of carbonyl (C=O) groups is 2. The van der Waals surface area contributed by atoms with Crippen molar-refractivity contribution in [3.05, 3.63) is 0 Å². The summed E-state index contributed by atoms with van der Waals surface area (Å²) in [5, 5.41) is 8.94. The molecule has 0 aliphatic heterocycles. The molecule has 0 saturated heterocycles. The summed E-state index contributed by atoms with van der Waals surface area (Å²) < 4.78 is 4.47. The Labute approximate surface area is 83.6 Å². The van der Waals surface area contributed by atoms with E-state index in [9.17, 15) is 9.59 Å². The third-order valence-electron chi connectivity index (χ3n) is 1.76. The van der Waals surface area contributed by atoms with Gasteiger partial charge in [0.05, 0.1) is 13.7 Å². The minimum Gasteiger partial charge on any atom is -0.467 e. The fraction of sp³-hybridized carbons (Fsp3) is 0.778. The molecule has 5 heteroatoms. The SMILES string of the molecule is COC(=O)C(CO)N(C=O)CC(C)C. The molecule has 0 fully saturated rings. The number of nitrogens with zero attached hydrogens (tertiary/aromatic N) is 1. The third-order valence-corrected chi connectivity index (χ3v) is 1.76. The Morgan fingerprint density at radius 2 is 2.14 bits per heavy atom. The number of methoxy groups -OCH3 is 1. The van der Waals surface area contributed by atoms with Crippen molar-refractivity contribution in [2.45, 2.75) is 19.9 Å². The summed E-state index contributed by atoms with van der Waals surface area (Å²) in [4.78, 5) is 23.1. The molecule has 0 heterocycles. The van der Waals surface area contributed by atoms with Gasteiger partial charge in [0.1, 0.15) is 0 Å². The van der Waals surface area contributed by atoms with Crippen LogP contribution in [0.25, 0.3) is 0 Å². The second-order valence-corrected chi connectivity index (χ2v) is 3.42. The molecule has 1 atom stereocenters. The molecule has 82 valence electrons. The zero-order valence-corrected chi connectivity index (χ0v) is 8.77. The van der Waals surface area contributed by atoms with Gasteiger partial charge < -0.3 is 14.7 Å².